The highest BCUT2D eigenvalue weighted by molar-refractivity contribution is 5.85. The van der Waals surface area contributed by atoms with E-state index in [1.165, 1.54) is 11.6 Å². The van der Waals surface area contributed by atoms with Gasteiger partial charge in [-0.15, -0.1) is 0 Å². The van der Waals surface area contributed by atoms with E-state index in [-0.39, 0.29) is 5.41 Å². The number of carboxylic acids is 1. The Labute approximate surface area is 140 Å². The normalized spacial score (nSPS) is 12.1. The highest BCUT2D eigenvalue weighted by Gasteiger charge is 2.14. The zero-order chi connectivity index (χ0) is 17.3. The Bertz CT molecular complexity index is 916. The minimum Gasteiger partial charge on any atom is -0.478 e. The van der Waals surface area contributed by atoms with Gasteiger partial charge in [0, 0.05) is 30.2 Å². The number of fused-ring (bicyclic) bond motifs is 1. The maximum absolute atomic E-state index is 10.7. The molecule has 0 bridgehead atoms. The Morgan fingerprint density at radius 2 is 1.92 bits per heavy atom. The lowest BCUT2D eigenvalue weighted by Crippen LogP contribution is -2.10. The zero-order valence-corrected chi connectivity index (χ0v) is 13.9. The lowest BCUT2D eigenvalue weighted by molar-refractivity contribution is -0.131. The summed E-state index contributed by atoms with van der Waals surface area (Å²) in [6, 6.07) is 8.25. The van der Waals surface area contributed by atoms with Crippen LogP contribution in [-0.2, 0) is 10.2 Å². The van der Waals surface area contributed by atoms with Crippen LogP contribution in [-0.4, -0.2) is 25.4 Å². The molecule has 0 saturated carbocycles. The summed E-state index contributed by atoms with van der Waals surface area (Å²) < 4.78 is 1.85. The molecule has 122 valence electrons. The first-order valence-electron chi connectivity index (χ1n) is 7.70. The van der Waals surface area contributed by atoms with E-state index < -0.39 is 5.97 Å². The van der Waals surface area contributed by atoms with Gasteiger partial charge in [0.2, 0.25) is 0 Å². The fourth-order valence-corrected chi connectivity index (χ4v) is 2.51. The van der Waals surface area contributed by atoms with Crippen molar-refractivity contribution in [2.75, 3.05) is 0 Å². The maximum Gasteiger partial charge on any atom is 0.328 e. The predicted octanol–water partition coefficient (Wildman–Crippen LogP) is 3.79. The lowest BCUT2D eigenvalue weighted by Gasteiger charge is -2.19. The summed E-state index contributed by atoms with van der Waals surface area (Å²) in [5, 5.41) is 8.81. The summed E-state index contributed by atoms with van der Waals surface area (Å²) in [7, 11) is 0. The largest absolute Gasteiger partial charge is 0.478 e. The minimum atomic E-state index is -1.00. The third-order valence-corrected chi connectivity index (χ3v) is 3.81. The van der Waals surface area contributed by atoms with E-state index in [4.69, 9.17) is 5.11 Å². The van der Waals surface area contributed by atoms with Crippen molar-refractivity contribution < 1.29 is 9.90 Å². The van der Waals surface area contributed by atoms with Gasteiger partial charge in [-0.25, -0.2) is 14.8 Å². The molecule has 0 fully saturated rings. The molecule has 0 aliphatic heterocycles. The molecule has 3 rings (SSSR count). The number of aliphatic carboxylic acids is 1. The smallest absolute Gasteiger partial charge is 0.328 e. The van der Waals surface area contributed by atoms with E-state index in [1.807, 2.05) is 22.7 Å². The van der Waals surface area contributed by atoms with Crippen LogP contribution in [0.3, 0.4) is 0 Å². The number of aromatic nitrogens is 3. The molecule has 24 heavy (non-hydrogen) atoms. The Hall–Kier alpha value is -2.95. The second kappa shape index (κ2) is 5.92. The average Bonchev–Trinajstić information content (AvgIpc) is 3.00. The Kier molecular flexibility index (Phi) is 3.93. The first-order chi connectivity index (χ1) is 11.3. The maximum atomic E-state index is 10.7. The van der Waals surface area contributed by atoms with E-state index in [2.05, 4.69) is 42.9 Å². The molecule has 0 saturated heterocycles. The van der Waals surface area contributed by atoms with Gasteiger partial charge in [0.05, 0.1) is 5.69 Å². The van der Waals surface area contributed by atoms with Gasteiger partial charge in [-0.2, -0.15) is 0 Å². The fourth-order valence-electron chi connectivity index (χ4n) is 2.51. The molecule has 0 unspecified atom stereocenters. The minimum absolute atomic E-state index is 0.0840. The molecule has 0 spiro atoms. The molecule has 5 heteroatoms. The van der Waals surface area contributed by atoms with Crippen LogP contribution in [0.25, 0.3) is 23.0 Å². The number of rotatable bonds is 3. The highest BCUT2D eigenvalue weighted by atomic mass is 16.4. The number of hydrogen-bond acceptors (Lipinski definition) is 3. The van der Waals surface area contributed by atoms with Gasteiger partial charge in [0.15, 0.2) is 5.65 Å². The molecule has 0 radical (unpaired) electrons. The number of nitrogens with zero attached hydrogens (tertiary/aromatic N) is 3. The Morgan fingerprint density at radius 3 is 2.54 bits per heavy atom. The van der Waals surface area contributed by atoms with Crippen molar-refractivity contribution >= 4 is 17.7 Å². The number of hydrogen-bond donors (Lipinski definition) is 1. The molecule has 1 N–H and O–H groups in total. The third-order valence-electron chi connectivity index (χ3n) is 3.81. The molecular formula is C19H19N3O2. The van der Waals surface area contributed by atoms with Crippen LogP contribution in [0.4, 0.5) is 0 Å². The molecule has 0 aliphatic carbocycles. The molecule has 0 atom stereocenters. The summed E-state index contributed by atoms with van der Waals surface area (Å²) >= 11 is 0. The summed E-state index contributed by atoms with van der Waals surface area (Å²) in [4.78, 5) is 19.7. The summed E-state index contributed by atoms with van der Waals surface area (Å²) in [6.07, 6.45) is 7.85. The monoisotopic (exact) mass is 321 g/mol. The molecular weight excluding hydrogens is 302 g/mol. The van der Waals surface area contributed by atoms with Crippen molar-refractivity contribution in [2.24, 2.45) is 0 Å². The van der Waals surface area contributed by atoms with Crippen LogP contribution in [0, 0.1) is 0 Å². The Morgan fingerprint density at radius 1 is 1.21 bits per heavy atom. The zero-order valence-electron chi connectivity index (χ0n) is 13.9. The molecule has 3 aromatic rings. The van der Waals surface area contributed by atoms with Crippen molar-refractivity contribution in [3.63, 3.8) is 0 Å². The van der Waals surface area contributed by atoms with Crippen molar-refractivity contribution in [2.45, 2.75) is 26.2 Å². The van der Waals surface area contributed by atoms with Crippen LogP contribution in [0.5, 0.6) is 0 Å². The van der Waals surface area contributed by atoms with Crippen molar-refractivity contribution in [1.29, 1.82) is 0 Å². The number of carbonyl (C=O) groups is 1. The van der Waals surface area contributed by atoms with Gasteiger partial charge in [-0.05, 0) is 17.1 Å². The molecule has 2 aromatic heterocycles. The van der Waals surface area contributed by atoms with E-state index >= 15 is 0 Å². The second-order valence-corrected chi connectivity index (χ2v) is 6.67. The van der Waals surface area contributed by atoms with Crippen LogP contribution >= 0.6 is 0 Å². The van der Waals surface area contributed by atoms with Gasteiger partial charge < -0.3 is 9.51 Å². The van der Waals surface area contributed by atoms with Gasteiger partial charge in [0.25, 0.3) is 0 Å². The summed E-state index contributed by atoms with van der Waals surface area (Å²) in [6.45, 7) is 6.51. The van der Waals surface area contributed by atoms with Gasteiger partial charge in [0.1, 0.15) is 5.69 Å². The average molecular weight is 321 g/mol. The van der Waals surface area contributed by atoms with Gasteiger partial charge in [-0.3, -0.25) is 0 Å². The van der Waals surface area contributed by atoms with Crippen LogP contribution in [0.2, 0.25) is 0 Å². The third kappa shape index (κ3) is 3.20. The van der Waals surface area contributed by atoms with E-state index in [0.29, 0.717) is 5.69 Å². The first kappa shape index (κ1) is 15.9. The van der Waals surface area contributed by atoms with Crippen molar-refractivity contribution in [3.8, 4) is 11.3 Å². The Balaban J connectivity index is 2.10. The van der Waals surface area contributed by atoms with E-state index in [0.717, 1.165) is 23.0 Å². The molecule has 0 aliphatic rings. The van der Waals surface area contributed by atoms with Gasteiger partial charge in [-0.1, -0.05) is 45.0 Å². The molecule has 5 nitrogen and oxygen atoms in total. The number of imidazole rings is 1. The highest BCUT2D eigenvalue weighted by Crippen LogP contribution is 2.27. The number of carboxylic acid groups (broad SMARTS) is 1. The predicted molar refractivity (Wildman–Crippen MR) is 93.8 cm³/mol. The molecule has 1 aromatic carbocycles. The summed E-state index contributed by atoms with van der Waals surface area (Å²) in [5.74, 6) is -1.00. The van der Waals surface area contributed by atoms with Crippen LogP contribution in [0.15, 0.2) is 48.9 Å². The summed E-state index contributed by atoms with van der Waals surface area (Å²) in [5.41, 5.74) is 4.31. The topological polar surface area (TPSA) is 67.5 Å². The fraction of sp³-hybridized carbons (Fsp3) is 0.211. The van der Waals surface area contributed by atoms with Crippen molar-refractivity contribution in [3.05, 3.63) is 60.2 Å². The van der Waals surface area contributed by atoms with Crippen LogP contribution < -0.4 is 0 Å². The van der Waals surface area contributed by atoms with E-state index in [1.54, 1.807) is 12.4 Å². The van der Waals surface area contributed by atoms with E-state index in [9.17, 15) is 4.79 Å². The standard InChI is InChI=1S/C19H19N3O2/c1-19(2,3)14-6-4-13(5-7-14)17-18-20-10-11-22(18)12-15(21-17)8-9-16(23)24/h4-12H,1-3H3,(H,23,24)/b9-8+. The SMILES string of the molecule is CC(C)(C)c1ccc(-c2nc(/C=C/C(=O)O)cn3ccnc23)cc1. The van der Waals surface area contributed by atoms with Gasteiger partial charge >= 0.3 is 5.97 Å². The quantitative estimate of drug-likeness (QED) is 0.745. The van der Waals surface area contributed by atoms with Crippen LogP contribution in [0.1, 0.15) is 32.0 Å². The molecule has 0 amide bonds. The number of benzene rings is 1. The lowest BCUT2D eigenvalue weighted by atomic mass is 9.86. The molecule has 2 heterocycles. The van der Waals surface area contributed by atoms with Crippen molar-refractivity contribution in [1.82, 2.24) is 14.4 Å². The second-order valence-electron chi connectivity index (χ2n) is 6.67. The first-order valence-corrected chi connectivity index (χ1v) is 7.70.